The van der Waals surface area contributed by atoms with Crippen LogP contribution in [0, 0.1) is 0 Å². The van der Waals surface area contributed by atoms with Crippen molar-refractivity contribution in [2.45, 2.75) is 62.4 Å². The van der Waals surface area contributed by atoms with Gasteiger partial charge in [-0.05, 0) is 57.4 Å². The van der Waals surface area contributed by atoms with Gasteiger partial charge in [-0.2, -0.15) is 132 Å². The van der Waals surface area contributed by atoms with Crippen LogP contribution >= 0.6 is 0 Å². The summed E-state index contributed by atoms with van der Waals surface area (Å²) in [7, 11) is 0. The van der Waals surface area contributed by atoms with Crippen LogP contribution in [0.5, 0.6) is 0 Å². The summed E-state index contributed by atoms with van der Waals surface area (Å²) in [6, 6.07) is 19.8. The van der Waals surface area contributed by atoms with E-state index in [4.69, 9.17) is 0 Å². The van der Waals surface area contributed by atoms with Gasteiger partial charge in [0, 0.05) is 12.0 Å². The number of alkyl halides is 24. The summed E-state index contributed by atoms with van der Waals surface area (Å²) in [6.45, 7) is 0.301. The van der Waals surface area contributed by atoms with Gasteiger partial charge >= 0.3 is 49.4 Å². The van der Waals surface area contributed by atoms with Crippen LogP contribution in [0.25, 0.3) is 21.5 Å². The third-order valence-electron chi connectivity index (χ3n) is 13.9. The van der Waals surface area contributed by atoms with E-state index in [1.807, 2.05) is 47.3 Å². The molecule has 1 heterocycles. The molecule has 0 fully saturated rings. The summed E-state index contributed by atoms with van der Waals surface area (Å²) < 4.78 is 343. The number of hydrogen-bond donors (Lipinski definition) is 0. The van der Waals surface area contributed by atoms with Gasteiger partial charge in [-0.15, -0.1) is 0 Å². The summed E-state index contributed by atoms with van der Waals surface area (Å²) in [5.74, 6) is 0.0911. The van der Waals surface area contributed by atoms with E-state index >= 15 is 0 Å². The predicted octanol–water partition coefficient (Wildman–Crippen LogP) is 16.4. The van der Waals surface area contributed by atoms with Gasteiger partial charge in [-0.25, -0.2) is 4.98 Å². The lowest BCUT2D eigenvalue weighted by Crippen LogP contribution is -2.75. The quantitative estimate of drug-likeness (QED) is 0.0474. The zero-order chi connectivity index (χ0) is 64.3. The first-order valence-electron chi connectivity index (χ1n) is 24.7. The van der Waals surface area contributed by atoms with Crippen molar-refractivity contribution >= 4 is 55.3 Å². The summed E-state index contributed by atoms with van der Waals surface area (Å²) in [4.78, 5) is 17.2. The van der Waals surface area contributed by atoms with Crippen LogP contribution in [0.3, 0.4) is 0 Å². The van der Waals surface area contributed by atoms with E-state index in [1.54, 1.807) is 6.20 Å². The highest BCUT2D eigenvalue weighted by atomic mass is 19.4. The third-order valence-corrected chi connectivity index (χ3v) is 13.9. The Kier molecular flexibility index (Phi) is 17.0. The minimum Gasteiger partial charge on any atom is -0.287 e. The van der Waals surface area contributed by atoms with Crippen molar-refractivity contribution in [1.29, 1.82) is 0 Å². The monoisotopic (exact) mass is 1250 g/mol. The van der Waals surface area contributed by atoms with E-state index in [2.05, 4.69) is 59.6 Å². The molecule has 0 spiro atoms. The fourth-order valence-electron chi connectivity index (χ4n) is 10.1. The first-order chi connectivity index (χ1) is 40.0. The smallest absolute Gasteiger partial charge is 0.287 e. The molecule has 0 aliphatic heterocycles. The molecule has 3 nitrogen and oxygen atoms in total. The lowest BCUT2D eigenvalue weighted by atomic mass is 9.12. The minimum atomic E-state index is -6.13. The summed E-state index contributed by atoms with van der Waals surface area (Å²) in [6.07, 6.45) is -48.5. The molecule has 0 aliphatic rings. The number of hydrogen-bond acceptors (Lipinski definition) is 2. The topological polar surface area (TPSA) is 33.8 Å². The van der Waals surface area contributed by atoms with Crippen molar-refractivity contribution < 1.29 is 115 Å². The Bertz CT molecular complexity index is 3530. The Balaban J connectivity index is 0.000000271. The van der Waals surface area contributed by atoms with E-state index in [-0.39, 0.29) is 5.78 Å². The highest BCUT2D eigenvalue weighted by Crippen LogP contribution is 2.42. The van der Waals surface area contributed by atoms with E-state index < -0.39 is 195 Å². The standard InChI is InChI=1S/C32H12BF24.C27H21N2O/c34-25(35,36)13-1-14(26(37,38)39)6-21(5-13)33(22-7-15(27(40,41)42)2-16(8-22)28(43,44)45,23-9-17(29(46,47)48)3-18(10-23)30(49,50)51)24-11-19(31(52,53)54)4-20(12-24)32(55,56)57;30-27(20-8-2-1-3-9-20)19-29-15-14-28-23(18-29)17-26-24-12-6-4-10-21(24)16-22-11-5-7-13-25(22)26/h1-12H;1-16,18H,17,19H2/q-1;+1. The average molecular weight is 1250 g/mol. The number of carbonyl (C=O) groups is 1. The van der Waals surface area contributed by atoms with Gasteiger partial charge in [0.25, 0.3) is 0 Å². The number of aromatic nitrogens is 2. The second-order valence-electron chi connectivity index (χ2n) is 19.7. The zero-order valence-electron chi connectivity index (χ0n) is 43.1. The van der Waals surface area contributed by atoms with Crippen LogP contribution in [-0.4, -0.2) is 16.9 Å². The largest absolute Gasteiger partial charge is 0.416 e. The molecule has 9 rings (SSSR count). The van der Waals surface area contributed by atoms with Crippen molar-refractivity contribution in [2.75, 3.05) is 0 Å². The molecule has 9 aromatic rings. The maximum Gasteiger partial charge on any atom is 0.416 e. The number of fused-ring (bicyclic) bond motifs is 2. The Morgan fingerprint density at radius 2 is 0.655 bits per heavy atom. The van der Waals surface area contributed by atoms with Gasteiger partial charge in [0.05, 0.1) is 50.7 Å². The number of nitrogens with zero attached hydrogens (tertiary/aromatic N) is 2. The molecule has 0 aliphatic carbocycles. The first kappa shape index (κ1) is 64.4. The predicted molar refractivity (Wildman–Crippen MR) is 270 cm³/mol. The number of carbonyl (C=O) groups excluding carboxylic acids is 1. The van der Waals surface area contributed by atoms with Crippen LogP contribution in [0.4, 0.5) is 105 Å². The molecule has 0 N–H and O–H groups in total. The molecule has 0 atom stereocenters. The van der Waals surface area contributed by atoms with E-state index in [0.29, 0.717) is 13.0 Å². The highest BCUT2D eigenvalue weighted by Gasteiger charge is 2.47. The van der Waals surface area contributed by atoms with Gasteiger partial charge in [0.2, 0.25) is 12.3 Å². The lowest BCUT2D eigenvalue weighted by Gasteiger charge is -2.46. The first-order valence-corrected chi connectivity index (χ1v) is 24.7. The molecule has 0 saturated carbocycles. The molecule has 0 amide bonds. The molecule has 28 heteroatoms. The van der Waals surface area contributed by atoms with Gasteiger partial charge < -0.3 is 0 Å². The van der Waals surface area contributed by atoms with Crippen LogP contribution in [0.2, 0.25) is 0 Å². The molecular weight excluding hydrogens is 1220 g/mol. The van der Waals surface area contributed by atoms with Gasteiger partial charge in [0.15, 0.2) is 12.4 Å². The van der Waals surface area contributed by atoms with Crippen LogP contribution in [0.1, 0.15) is 66.1 Å². The molecule has 0 radical (unpaired) electrons. The Hall–Kier alpha value is -8.59. The Morgan fingerprint density at radius 1 is 0.368 bits per heavy atom. The van der Waals surface area contributed by atoms with Crippen molar-refractivity contribution in [3.63, 3.8) is 0 Å². The van der Waals surface area contributed by atoms with Crippen molar-refractivity contribution in [3.05, 3.63) is 238 Å². The van der Waals surface area contributed by atoms with Gasteiger partial charge in [0.1, 0.15) is 11.8 Å². The normalized spacial score (nSPS) is 13.2. The van der Waals surface area contributed by atoms with Gasteiger partial charge in [-0.3, -0.25) is 4.79 Å². The van der Waals surface area contributed by atoms with Crippen molar-refractivity contribution in [1.82, 2.24) is 4.98 Å². The number of ketones is 1. The maximum atomic E-state index is 14.2. The summed E-state index contributed by atoms with van der Waals surface area (Å²) >= 11 is 0. The van der Waals surface area contributed by atoms with Crippen LogP contribution < -0.4 is 26.4 Å². The minimum absolute atomic E-state index is 0.0911. The van der Waals surface area contributed by atoms with Crippen LogP contribution in [-0.2, 0) is 62.4 Å². The molecule has 0 saturated heterocycles. The zero-order valence-corrected chi connectivity index (χ0v) is 43.1. The van der Waals surface area contributed by atoms with Crippen molar-refractivity contribution in [3.8, 4) is 0 Å². The Labute approximate surface area is 474 Å². The molecular formula is C59H33BF24N2O. The highest BCUT2D eigenvalue weighted by molar-refractivity contribution is 7.20. The molecule has 8 aromatic carbocycles. The number of halogens is 24. The average Bonchev–Trinajstić information content (AvgIpc) is 0.759. The number of rotatable bonds is 9. The second kappa shape index (κ2) is 22.9. The fraction of sp³-hybridized carbons (Fsp3) is 0.169. The summed E-state index contributed by atoms with van der Waals surface area (Å²) in [5.41, 5.74) is -27.3. The van der Waals surface area contributed by atoms with Crippen molar-refractivity contribution in [2.24, 2.45) is 0 Å². The third kappa shape index (κ3) is 14.3. The fourth-order valence-corrected chi connectivity index (χ4v) is 10.1. The molecule has 1 aromatic heterocycles. The molecule has 0 unspecified atom stereocenters. The number of benzene rings is 8. The van der Waals surface area contributed by atoms with E-state index in [1.165, 1.54) is 27.1 Å². The lowest BCUT2D eigenvalue weighted by molar-refractivity contribution is -0.684. The SMILES string of the molecule is FC(F)(F)c1cc([B-](c2cc(C(F)(F)F)cc(C(F)(F)F)c2)(c2cc(C(F)(F)F)cc(C(F)(F)F)c2)c2cc(C(F)(F)F)cc(C(F)(F)F)c2)cc(C(F)(F)F)c1.O=C(C[n+]1ccnc(Cc2c3ccccc3cc3ccccc23)c1)c1ccccc1. The molecule has 456 valence electrons. The second-order valence-corrected chi connectivity index (χ2v) is 19.7. The summed E-state index contributed by atoms with van der Waals surface area (Å²) in [5, 5.41) is 4.95. The molecule has 87 heavy (non-hydrogen) atoms. The Morgan fingerprint density at radius 3 is 0.954 bits per heavy atom. The maximum absolute atomic E-state index is 14.2. The molecule has 0 bridgehead atoms. The van der Waals surface area contributed by atoms with Gasteiger partial charge in [-0.1, -0.05) is 127 Å². The van der Waals surface area contributed by atoms with E-state index in [9.17, 15) is 110 Å². The van der Waals surface area contributed by atoms with E-state index in [0.717, 1.165) is 11.3 Å². The number of Topliss-reactive ketones (excluding diaryl/α,β-unsaturated/α-hetero) is 1. The van der Waals surface area contributed by atoms with Crippen LogP contribution in [0.15, 0.2) is 176 Å².